The van der Waals surface area contributed by atoms with Crippen molar-refractivity contribution >= 4 is 23.2 Å². The highest BCUT2D eigenvalue weighted by Crippen LogP contribution is 2.35. The predicted octanol–water partition coefficient (Wildman–Crippen LogP) is 4.21. The van der Waals surface area contributed by atoms with Crippen LogP contribution in [0.5, 0.6) is 0 Å². The van der Waals surface area contributed by atoms with Crippen molar-refractivity contribution in [2.75, 3.05) is 14.1 Å². The molecule has 0 fully saturated rings. The molecule has 4 heteroatoms. The van der Waals surface area contributed by atoms with Crippen molar-refractivity contribution in [3.63, 3.8) is 0 Å². The van der Waals surface area contributed by atoms with E-state index in [1.807, 2.05) is 62.6 Å². The lowest BCUT2D eigenvalue weighted by Gasteiger charge is -2.28. The van der Waals surface area contributed by atoms with Crippen molar-refractivity contribution < 1.29 is 0 Å². The van der Waals surface area contributed by atoms with Crippen LogP contribution in [-0.4, -0.2) is 14.1 Å². The first-order valence-electron chi connectivity index (χ1n) is 6.52. The second-order valence-electron chi connectivity index (χ2n) is 4.58. The van der Waals surface area contributed by atoms with Crippen molar-refractivity contribution in [2.45, 2.75) is 12.1 Å². The van der Waals surface area contributed by atoms with Gasteiger partial charge in [0.25, 0.3) is 0 Å². The summed E-state index contributed by atoms with van der Waals surface area (Å²) in [7, 11) is 3.85. The van der Waals surface area contributed by atoms with Gasteiger partial charge < -0.3 is 10.6 Å². The lowest BCUT2D eigenvalue weighted by Crippen LogP contribution is -2.32. The van der Waals surface area contributed by atoms with Crippen molar-refractivity contribution in [3.8, 4) is 0 Å². The Bertz CT molecular complexity index is 520. The molecule has 2 aromatic carbocycles. The van der Waals surface area contributed by atoms with Crippen LogP contribution in [0.2, 0.25) is 10.0 Å². The van der Waals surface area contributed by atoms with Crippen LogP contribution in [0.3, 0.4) is 0 Å². The van der Waals surface area contributed by atoms with Crippen LogP contribution in [0.15, 0.2) is 48.5 Å². The highest BCUT2D eigenvalue weighted by Gasteiger charge is 2.25. The Morgan fingerprint density at radius 2 is 1.05 bits per heavy atom. The molecule has 2 atom stereocenters. The van der Waals surface area contributed by atoms with E-state index in [1.165, 1.54) is 0 Å². The smallest absolute Gasteiger partial charge is 0.0531 e. The van der Waals surface area contributed by atoms with Gasteiger partial charge in [0.1, 0.15) is 0 Å². The largest absolute Gasteiger partial charge is 0.311 e. The van der Waals surface area contributed by atoms with E-state index in [4.69, 9.17) is 23.2 Å². The molecule has 0 aliphatic heterocycles. The third kappa shape index (κ3) is 3.15. The number of hydrogen-bond acceptors (Lipinski definition) is 2. The summed E-state index contributed by atoms with van der Waals surface area (Å²) >= 11 is 12.7. The fourth-order valence-corrected chi connectivity index (χ4v) is 2.96. The van der Waals surface area contributed by atoms with Gasteiger partial charge >= 0.3 is 0 Å². The van der Waals surface area contributed by atoms with E-state index < -0.39 is 0 Å². The summed E-state index contributed by atoms with van der Waals surface area (Å²) in [5, 5.41) is 8.16. The number of halogens is 2. The van der Waals surface area contributed by atoms with Gasteiger partial charge in [-0.25, -0.2) is 0 Å². The Labute approximate surface area is 130 Å². The van der Waals surface area contributed by atoms with E-state index in [2.05, 4.69) is 10.6 Å². The first kappa shape index (κ1) is 15.3. The third-order valence-corrected chi connectivity index (χ3v) is 4.12. The minimum atomic E-state index is 0.0357. The normalized spacial score (nSPS) is 14.0. The molecule has 0 spiro atoms. The molecule has 0 radical (unpaired) electrons. The molecule has 0 aliphatic carbocycles. The lowest BCUT2D eigenvalue weighted by atomic mass is 9.93. The number of benzene rings is 2. The molecule has 2 rings (SSSR count). The van der Waals surface area contributed by atoms with Gasteiger partial charge in [0.2, 0.25) is 0 Å². The molecular weight excluding hydrogens is 291 g/mol. The molecule has 0 aromatic heterocycles. The first-order chi connectivity index (χ1) is 9.69. The van der Waals surface area contributed by atoms with Crippen LogP contribution in [0.4, 0.5) is 0 Å². The van der Waals surface area contributed by atoms with Crippen LogP contribution < -0.4 is 10.6 Å². The van der Waals surface area contributed by atoms with Crippen LogP contribution in [-0.2, 0) is 0 Å². The molecule has 2 N–H and O–H groups in total. The maximum atomic E-state index is 6.33. The van der Waals surface area contributed by atoms with Crippen molar-refractivity contribution in [1.29, 1.82) is 0 Å². The number of nitrogens with one attached hydrogen (secondary N) is 2. The maximum Gasteiger partial charge on any atom is 0.0531 e. The summed E-state index contributed by atoms with van der Waals surface area (Å²) < 4.78 is 0. The maximum absolute atomic E-state index is 6.33. The molecule has 0 heterocycles. The Morgan fingerprint density at radius 3 is 1.35 bits per heavy atom. The molecule has 0 bridgehead atoms. The molecular formula is C16H18Cl2N2. The summed E-state index contributed by atoms with van der Waals surface area (Å²) in [5.41, 5.74) is 2.10. The van der Waals surface area contributed by atoms with Crippen molar-refractivity contribution in [1.82, 2.24) is 10.6 Å². The second kappa shape index (κ2) is 7.09. The molecule has 0 saturated heterocycles. The monoisotopic (exact) mass is 308 g/mol. The Balaban J connectivity index is 2.44. The van der Waals surface area contributed by atoms with Gasteiger partial charge in [0, 0.05) is 10.0 Å². The van der Waals surface area contributed by atoms with E-state index in [-0.39, 0.29) is 12.1 Å². The molecule has 0 aliphatic rings. The average molecular weight is 309 g/mol. The second-order valence-corrected chi connectivity index (χ2v) is 5.39. The molecule has 2 nitrogen and oxygen atoms in total. The van der Waals surface area contributed by atoms with Gasteiger partial charge in [-0.2, -0.15) is 0 Å². The van der Waals surface area contributed by atoms with Crippen molar-refractivity contribution in [3.05, 3.63) is 69.7 Å². The quantitative estimate of drug-likeness (QED) is 0.864. The van der Waals surface area contributed by atoms with E-state index in [0.29, 0.717) is 0 Å². The van der Waals surface area contributed by atoms with Gasteiger partial charge in [0.05, 0.1) is 12.1 Å². The van der Waals surface area contributed by atoms with Crippen LogP contribution in [0.1, 0.15) is 23.2 Å². The van der Waals surface area contributed by atoms with Gasteiger partial charge in [-0.15, -0.1) is 0 Å². The zero-order chi connectivity index (χ0) is 14.5. The van der Waals surface area contributed by atoms with Crippen LogP contribution in [0, 0.1) is 0 Å². The SMILES string of the molecule is CN[C@H](c1ccccc1Cl)[C@H](NC)c1ccccc1Cl. The minimum absolute atomic E-state index is 0.0357. The molecule has 106 valence electrons. The summed E-state index contributed by atoms with van der Waals surface area (Å²) in [4.78, 5) is 0. The molecule has 2 aromatic rings. The van der Waals surface area contributed by atoms with E-state index in [9.17, 15) is 0 Å². The first-order valence-corrected chi connectivity index (χ1v) is 7.28. The highest BCUT2D eigenvalue weighted by molar-refractivity contribution is 6.31. The molecule has 0 unspecified atom stereocenters. The van der Waals surface area contributed by atoms with Gasteiger partial charge in [-0.3, -0.25) is 0 Å². The predicted molar refractivity (Wildman–Crippen MR) is 86.5 cm³/mol. The standard InChI is InChI=1S/C16H18Cl2N2/c1-19-15(11-7-3-5-9-13(11)17)16(20-2)12-8-4-6-10-14(12)18/h3-10,15-16,19-20H,1-2H3/t15-,16-/m1/s1. The summed E-state index contributed by atoms with van der Waals surface area (Å²) in [6, 6.07) is 15.8. The van der Waals surface area contributed by atoms with E-state index in [0.717, 1.165) is 21.2 Å². The summed E-state index contributed by atoms with van der Waals surface area (Å²) in [6.45, 7) is 0. The van der Waals surface area contributed by atoms with Crippen LogP contribution in [0.25, 0.3) is 0 Å². The Hall–Kier alpha value is -1.06. The fourth-order valence-electron chi connectivity index (χ4n) is 2.46. The van der Waals surface area contributed by atoms with E-state index >= 15 is 0 Å². The fraction of sp³-hybridized carbons (Fsp3) is 0.250. The van der Waals surface area contributed by atoms with Gasteiger partial charge in [-0.1, -0.05) is 59.6 Å². The molecule has 0 amide bonds. The van der Waals surface area contributed by atoms with Gasteiger partial charge in [0.15, 0.2) is 0 Å². The summed E-state index contributed by atoms with van der Waals surface area (Å²) in [5.74, 6) is 0. The zero-order valence-electron chi connectivity index (χ0n) is 11.5. The highest BCUT2D eigenvalue weighted by atomic mass is 35.5. The lowest BCUT2D eigenvalue weighted by molar-refractivity contribution is 0.432. The Kier molecular flexibility index (Phi) is 5.44. The van der Waals surface area contributed by atoms with Crippen molar-refractivity contribution in [2.24, 2.45) is 0 Å². The van der Waals surface area contributed by atoms with E-state index in [1.54, 1.807) is 0 Å². The third-order valence-electron chi connectivity index (χ3n) is 3.44. The molecule has 0 saturated carbocycles. The molecule has 20 heavy (non-hydrogen) atoms. The average Bonchev–Trinajstić information content (AvgIpc) is 2.47. The topological polar surface area (TPSA) is 24.1 Å². The summed E-state index contributed by atoms with van der Waals surface area (Å²) in [6.07, 6.45) is 0. The number of hydrogen-bond donors (Lipinski definition) is 2. The van der Waals surface area contributed by atoms with Crippen LogP contribution >= 0.6 is 23.2 Å². The zero-order valence-corrected chi connectivity index (χ0v) is 13.0. The minimum Gasteiger partial charge on any atom is -0.311 e. The van der Waals surface area contributed by atoms with Gasteiger partial charge in [-0.05, 0) is 37.4 Å². The number of rotatable bonds is 5. The Morgan fingerprint density at radius 1 is 0.700 bits per heavy atom. The number of likely N-dealkylation sites (N-methyl/N-ethyl adjacent to an activating group) is 2.